The third-order valence-electron chi connectivity index (χ3n) is 3.36. The van der Waals surface area contributed by atoms with Crippen molar-refractivity contribution in [3.05, 3.63) is 60.6 Å². The van der Waals surface area contributed by atoms with Gasteiger partial charge in [0.15, 0.2) is 5.16 Å². The van der Waals surface area contributed by atoms with Gasteiger partial charge in [0.1, 0.15) is 5.69 Å². The Balaban J connectivity index is 1.91. The molecule has 3 rings (SSSR count). The van der Waals surface area contributed by atoms with E-state index in [1.807, 2.05) is 59.5 Å². The molecule has 0 aliphatic rings. The first-order valence-electron chi connectivity index (χ1n) is 7.21. The molecule has 2 aromatic heterocycles. The van der Waals surface area contributed by atoms with Crippen LogP contribution in [0.5, 0.6) is 0 Å². The standard InChI is InChI=1S/C17H16N4OS2/c1-23-15-9-8-12(10-18-15)20-16(22)14-11-19-17(24-2)21(14)13-6-4-3-5-7-13/h3-11H,1-2H3,(H,20,22). The third kappa shape index (κ3) is 3.47. The minimum Gasteiger partial charge on any atom is -0.319 e. The van der Waals surface area contributed by atoms with E-state index >= 15 is 0 Å². The SMILES string of the molecule is CSc1ccc(NC(=O)c2cnc(SC)n2-c2ccccc2)cn1. The zero-order valence-corrected chi connectivity index (χ0v) is 14.9. The zero-order valence-electron chi connectivity index (χ0n) is 13.3. The maximum Gasteiger partial charge on any atom is 0.274 e. The molecular formula is C17H16N4OS2. The lowest BCUT2D eigenvalue weighted by Gasteiger charge is -2.11. The highest BCUT2D eigenvalue weighted by Crippen LogP contribution is 2.22. The minimum absolute atomic E-state index is 0.217. The van der Waals surface area contributed by atoms with Gasteiger partial charge in [-0.3, -0.25) is 9.36 Å². The van der Waals surface area contributed by atoms with Crippen molar-refractivity contribution in [1.82, 2.24) is 14.5 Å². The van der Waals surface area contributed by atoms with E-state index in [1.54, 1.807) is 24.2 Å². The molecule has 122 valence electrons. The van der Waals surface area contributed by atoms with Crippen LogP contribution in [0.4, 0.5) is 5.69 Å². The number of carbonyl (C=O) groups excluding carboxylic acids is 1. The van der Waals surface area contributed by atoms with Crippen LogP contribution >= 0.6 is 23.5 Å². The summed E-state index contributed by atoms with van der Waals surface area (Å²) in [5.74, 6) is -0.217. The number of thioether (sulfide) groups is 2. The van der Waals surface area contributed by atoms with Crippen molar-refractivity contribution in [3.8, 4) is 5.69 Å². The Labute approximate surface area is 148 Å². The molecule has 3 aromatic rings. The van der Waals surface area contributed by atoms with Crippen LogP contribution in [-0.2, 0) is 0 Å². The van der Waals surface area contributed by atoms with E-state index in [4.69, 9.17) is 0 Å². The highest BCUT2D eigenvalue weighted by atomic mass is 32.2. The predicted octanol–water partition coefficient (Wildman–Crippen LogP) is 3.96. The molecule has 0 aliphatic carbocycles. The maximum absolute atomic E-state index is 12.7. The number of nitrogens with one attached hydrogen (secondary N) is 1. The van der Waals surface area contributed by atoms with Crippen molar-refractivity contribution in [1.29, 1.82) is 0 Å². The minimum atomic E-state index is -0.217. The topological polar surface area (TPSA) is 59.8 Å². The van der Waals surface area contributed by atoms with E-state index in [9.17, 15) is 4.79 Å². The number of carbonyl (C=O) groups is 1. The van der Waals surface area contributed by atoms with Gasteiger partial charge in [0, 0.05) is 5.69 Å². The number of anilines is 1. The fourth-order valence-corrected chi connectivity index (χ4v) is 3.14. The molecule has 0 unspecified atom stereocenters. The Kier molecular flexibility index (Phi) is 5.22. The summed E-state index contributed by atoms with van der Waals surface area (Å²) in [6, 6.07) is 13.4. The second kappa shape index (κ2) is 7.55. The summed E-state index contributed by atoms with van der Waals surface area (Å²) in [7, 11) is 0. The van der Waals surface area contributed by atoms with Crippen molar-refractivity contribution >= 4 is 35.1 Å². The second-order valence-electron chi connectivity index (χ2n) is 4.84. The van der Waals surface area contributed by atoms with Gasteiger partial charge in [-0.05, 0) is 36.8 Å². The molecule has 0 radical (unpaired) electrons. The van der Waals surface area contributed by atoms with Gasteiger partial charge < -0.3 is 5.32 Å². The van der Waals surface area contributed by atoms with Gasteiger partial charge in [-0.15, -0.1) is 11.8 Å². The first-order valence-corrected chi connectivity index (χ1v) is 9.66. The summed E-state index contributed by atoms with van der Waals surface area (Å²) in [4.78, 5) is 21.3. The lowest BCUT2D eigenvalue weighted by Crippen LogP contribution is -2.16. The quantitative estimate of drug-likeness (QED) is 0.701. The number of benzene rings is 1. The third-order valence-corrected chi connectivity index (χ3v) is 4.68. The Hall–Kier alpha value is -2.25. The summed E-state index contributed by atoms with van der Waals surface area (Å²) in [6.07, 6.45) is 7.15. The van der Waals surface area contributed by atoms with Gasteiger partial charge in [0.25, 0.3) is 5.91 Å². The van der Waals surface area contributed by atoms with Gasteiger partial charge in [-0.2, -0.15) is 0 Å². The van der Waals surface area contributed by atoms with Crippen LogP contribution in [0.3, 0.4) is 0 Å². The second-order valence-corrected chi connectivity index (χ2v) is 6.44. The molecule has 0 saturated heterocycles. The van der Waals surface area contributed by atoms with E-state index < -0.39 is 0 Å². The molecule has 24 heavy (non-hydrogen) atoms. The highest BCUT2D eigenvalue weighted by molar-refractivity contribution is 7.98. The largest absolute Gasteiger partial charge is 0.319 e. The summed E-state index contributed by atoms with van der Waals surface area (Å²) in [6.45, 7) is 0. The lowest BCUT2D eigenvalue weighted by atomic mass is 10.3. The van der Waals surface area contributed by atoms with Gasteiger partial charge in [0.05, 0.1) is 23.1 Å². The number of para-hydroxylation sites is 1. The average molecular weight is 356 g/mol. The summed E-state index contributed by atoms with van der Waals surface area (Å²) in [5.41, 5.74) is 2.05. The number of nitrogens with zero attached hydrogens (tertiary/aromatic N) is 3. The summed E-state index contributed by atoms with van der Waals surface area (Å²) < 4.78 is 1.85. The summed E-state index contributed by atoms with van der Waals surface area (Å²) in [5, 5.41) is 4.55. The van der Waals surface area contributed by atoms with Crippen molar-refractivity contribution < 1.29 is 4.79 Å². The van der Waals surface area contributed by atoms with Crippen molar-refractivity contribution in [2.45, 2.75) is 10.2 Å². The van der Waals surface area contributed by atoms with Crippen LogP contribution in [0.25, 0.3) is 5.69 Å². The van der Waals surface area contributed by atoms with E-state index in [-0.39, 0.29) is 5.91 Å². The van der Waals surface area contributed by atoms with Crippen molar-refractivity contribution in [2.75, 3.05) is 17.8 Å². The molecule has 0 bridgehead atoms. The number of hydrogen-bond acceptors (Lipinski definition) is 5. The smallest absolute Gasteiger partial charge is 0.274 e. The Morgan fingerprint density at radius 3 is 2.42 bits per heavy atom. The van der Waals surface area contributed by atoms with Crippen LogP contribution < -0.4 is 5.32 Å². The first kappa shape index (κ1) is 16.6. The van der Waals surface area contributed by atoms with Crippen LogP contribution in [0.2, 0.25) is 0 Å². The molecule has 0 atom stereocenters. The van der Waals surface area contributed by atoms with Crippen LogP contribution in [-0.4, -0.2) is 33.0 Å². The van der Waals surface area contributed by atoms with Gasteiger partial charge in [0.2, 0.25) is 0 Å². The molecule has 1 amide bonds. The summed E-state index contributed by atoms with van der Waals surface area (Å²) >= 11 is 3.05. The Morgan fingerprint density at radius 2 is 1.79 bits per heavy atom. The predicted molar refractivity (Wildman–Crippen MR) is 99.3 cm³/mol. The maximum atomic E-state index is 12.7. The van der Waals surface area contributed by atoms with Gasteiger partial charge in [-0.1, -0.05) is 30.0 Å². The van der Waals surface area contributed by atoms with E-state index in [0.29, 0.717) is 11.4 Å². The fourth-order valence-electron chi connectivity index (χ4n) is 2.24. The number of rotatable bonds is 5. The van der Waals surface area contributed by atoms with Crippen LogP contribution in [0.1, 0.15) is 10.5 Å². The molecule has 1 N–H and O–H groups in total. The monoisotopic (exact) mass is 356 g/mol. The highest BCUT2D eigenvalue weighted by Gasteiger charge is 2.17. The molecule has 0 spiro atoms. The number of aromatic nitrogens is 3. The molecule has 0 fully saturated rings. The Morgan fingerprint density at radius 1 is 1.00 bits per heavy atom. The first-order chi connectivity index (χ1) is 11.7. The van der Waals surface area contributed by atoms with E-state index in [2.05, 4.69) is 15.3 Å². The molecular weight excluding hydrogens is 340 g/mol. The molecule has 0 saturated carbocycles. The van der Waals surface area contributed by atoms with Crippen LogP contribution in [0.15, 0.2) is 65.0 Å². The number of amides is 1. The van der Waals surface area contributed by atoms with Gasteiger partial charge in [-0.25, -0.2) is 9.97 Å². The van der Waals surface area contributed by atoms with E-state index in [0.717, 1.165) is 15.9 Å². The van der Waals surface area contributed by atoms with Crippen molar-refractivity contribution in [2.24, 2.45) is 0 Å². The molecule has 5 nitrogen and oxygen atoms in total. The molecule has 0 aliphatic heterocycles. The fraction of sp³-hybridized carbons (Fsp3) is 0.118. The Bertz CT molecular complexity index is 832. The molecule has 2 heterocycles. The molecule has 7 heteroatoms. The van der Waals surface area contributed by atoms with Gasteiger partial charge >= 0.3 is 0 Å². The molecule has 1 aromatic carbocycles. The zero-order chi connectivity index (χ0) is 16.9. The normalized spacial score (nSPS) is 10.6. The number of hydrogen-bond donors (Lipinski definition) is 1. The average Bonchev–Trinajstić information content (AvgIpc) is 3.07. The number of imidazole rings is 1. The van der Waals surface area contributed by atoms with E-state index in [1.165, 1.54) is 11.8 Å². The number of pyridine rings is 1. The van der Waals surface area contributed by atoms with Crippen molar-refractivity contribution in [3.63, 3.8) is 0 Å². The lowest BCUT2D eigenvalue weighted by molar-refractivity contribution is 0.102. The van der Waals surface area contributed by atoms with Crippen LogP contribution in [0, 0.1) is 0 Å².